The fraction of sp³-hybridized carbons (Fsp3) is 0.250. The number of amides is 1. The standard InChI is InChI=1S/C24H25N5O4/c1-14-6-9-20(15(2)10-14)29-23-18(12-25-29)16(3)27-28(24(23)31)13-22(30)26-19-8-7-17(32-4)11-21(19)33-5/h6-12H,13H2,1-5H3,(H,26,30). The molecule has 0 aliphatic rings. The van der Waals surface area contributed by atoms with Gasteiger partial charge in [-0.3, -0.25) is 9.59 Å². The number of anilines is 1. The molecule has 0 unspecified atom stereocenters. The lowest BCUT2D eigenvalue weighted by molar-refractivity contribution is -0.117. The first-order valence-corrected chi connectivity index (χ1v) is 10.4. The van der Waals surface area contributed by atoms with Crippen LogP contribution in [-0.4, -0.2) is 39.7 Å². The molecule has 0 spiro atoms. The summed E-state index contributed by atoms with van der Waals surface area (Å²) in [6, 6.07) is 11.0. The third kappa shape index (κ3) is 4.17. The van der Waals surface area contributed by atoms with Crippen LogP contribution in [0.1, 0.15) is 16.8 Å². The molecule has 1 amide bonds. The normalized spacial score (nSPS) is 10.9. The Balaban J connectivity index is 1.70. The van der Waals surface area contributed by atoms with Crippen LogP contribution in [0.15, 0.2) is 47.4 Å². The monoisotopic (exact) mass is 447 g/mol. The predicted molar refractivity (Wildman–Crippen MR) is 126 cm³/mol. The molecule has 0 saturated carbocycles. The number of nitrogens with zero attached hydrogens (tertiary/aromatic N) is 4. The first kappa shape index (κ1) is 22.1. The first-order chi connectivity index (χ1) is 15.8. The molecule has 2 heterocycles. The summed E-state index contributed by atoms with van der Waals surface area (Å²) in [7, 11) is 3.05. The molecule has 9 heteroatoms. The average Bonchev–Trinajstić information content (AvgIpc) is 3.23. The fourth-order valence-corrected chi connectivity index (χ4v) is 3.78. The maximum absolute atomic E-state index is 13.3. The Hall–Kier alpha value is -4.14. The fourth-order valence-electron chi connectivity index (χ4n) is 3.78. The van der Waals surface area contributed by atoms with Crippen LogP contribution in [0, 0.1) is 20.8 Å². The Morgan fingerprint density at radius 2 is 1.85 bits per heavy atom. The molecule has 0 radical (unpaired) electrons. The van der Waals surface area contributed by atoms with Gasteiger partial charge in [0.2, 0.25) is 5.91 Å². The van der Waals surface area contributed by atoms with Crippen LogP contribution in [0.2, 0.25) is 0 Å². The Kier molecular flexibility index (Phi) is 5.87. The van der Waals surface area contributed by atoms with Crippen LogP contribution in [0.4, 0.5) is 5.69 Å². The van der Waals surface area contributed by atoms with Gasteiger partial charge in [-0.05, 0) is 44.5 Å². The predicted octanol–water partition coefficient (Wildman–Crippen LogP) is 3.16. The van der Waals surface area contributed by atoms with Crippen molar-refractivity contribution in [2.45, 2.75) is 27.3 Å². The lowest BCUT2D eigenvalue weighted by atomic mass is 10.1. The lowest BCUT2D eigenvalue weighted by Crippen LogP contribution is -2.31. The van der Waals surface area contributed by atoms with E-state index in [4.69, 9.17) is 9.47 Å². The SMILES string of the molecule is COc1ccc(NC(=O)Cn2nc(C)c3cnn(-c4ccc(C)cc4C)c3c2=O)c(OC)c1. The van der Waals surface area contributed by atoms with Gasteiger partial charge in [0.25, 0.3) is 5.56 Å². The minimum absolute atomic E-state index is 0.261. The first-order valence-electron chi connectivity index (χ1n) is 10.4. The number of rotatable bonds is 6. The van der Waals surface area contributed by atoms with E-state index in [2.05, 4.69) is 15.5 Å². The molecule has 33 heavy (non-hydrogen) atoms. The molecule has 0 fully saturated rings. The third-order valence-electron chi connectivity index (χ3n) is 5.42. The quantitative estimate of drug-likeness (QED) is 0.487. The minimum Gasteiger partial charge on any atom is -0.497 e. The molecule has 2 aromatic heterocycles. The highest BCUT2D eigenvalue weighted by Crippen LogP contribution is 2.29. The van der Waals surface area contributed by atoms with Crippen molar-refractivity contribution in [2.24, 2.45) is 0 Å². The molecule has 0 saturated heterocycles. The van der Waals surface area contributed by atoms with E-state index >= 15 is 0 Å². The number of fused-ring (bicyclic) bond motifs is 1. The van der Waals surface area contributed by atoms with Gasteiger partial charge in [0.1, 0.15) is 23.6 Å². The summed E-state index contributed by atoms with van der Waals surface area (Å²) in [6.45, 7) is 5.51. The highest BCUT2D eigenvalue weighted by atomic mass is 16.5. The number of carbonyl (C=O) groups is 1. The van der Waals surface area contributed by atoms with Crippen molar-refractivity contribution in [3.05, 3.63) is 69.8 Å². The van der Waals surface area contributed by atoms with Gasteiger partial charge >= 0.3 is 0 Å². The largest absolute Gasteiger partial charge is 0.497 e. The highest BCUT2D eigenvalue weighted by molar-refractivity contribution is 5.92. The van der Waals surface area contributed by atoms with Crippen LogP contribution < -0.4 is 20.3 Å². The molecule has 4 rings (SSSR count). The van der Waals surface area contributed by atoms with Crippen LogP contribution in [0.3, 0.4) is 0 Å². The van der Waals surface area contributed by atoms with Crippen LogP contribution >= 0.6 is 0 Å². The Bertz CT molecular complexity index is 1420. The number of nitrogens with one attached hydrogen (secondary N) is 1. The molecule has 4 aromatic rings. The van der Waals surface area contributed by atoms with Gasteiger partial charge in [-0.25, -0.2) is 9.36 Å². The number of ether oxygens (including phenoxy) is 2. The van der Waals surface area contributed by atoms with Crippen molar-refractivity contribution in [1.82, 2.24) is 19.6 Å². The van der Waals surface area contributed by atoms with Crippen molar-refractivity contribution in [3.8, 4) is 17.2 Å². The summed E-state index contributed by atoms with van der Waals surface area (Å²) >= 11 is 0. The van der Waals surface area contributed by atoms with Crippen molar-refractivity contribution < 1.29 is 14.3 Å². The topological polar surface area (TPSA) is 100 Å². The molecule has 0 aliphatic carbocycles. The molecule has 0 bridgehead atoms. The van der Waals surface area contributed by atoms with Gasteiger partial charge in [-0.1, -0.05) is 17.7 Å². The van der Waals surface area contributed by atoms with Crippen LogP contribution in [0.5, 0.6) is 11.5 Å². The summed E-state index contributed by atoms with van der Waals surface area (Å²) in [5.41, 5.74) is 3.97. The summed E-state index contributed by atoms with van der Waals surface area (Å²) in [6.07, 6.45) is 1.63. The number of methoxy groups -OCH3 is 2. The molecule has 9 nitrogen and oxygen atoms in total. The second-order valence-electron chi connectivity index (χ2n) is 7.77. The van der Waals surface area contributed by atoms with E-state index < -0.39 is 11.5 Å². The van der Waals surface area contributed by atoms with Gasteiger partial charge < -0.3 is 14.8 Å². The summed E-state index contributed by atoms with van der Waals surface area (Å²) < 4.78 is 13.3. The van der Waals surface area contributed by atoms with E-state index in [0.717, 1.165) is 21.5 Å². The molecule has 1 N–H and O–H groups in total. The number of carbonyl (C=O) groups excluding carboxylic acids is 1. The number of aromatic nitrogens is 4. The zero-order valence-corrected chi connectivity index (χ0v) is 19.2. The van der Waals surface area contributed by atoms with Crippen molar-refractivity contribution >= 4 is 22.5 Å². The third-order valence-corrected chi connectivity index (χ3v) is 5.42. The maximum Gasteiger partial charge on any atom is 0.293 e. The second kappa shape index (κ2) is 8.78. The average molecular weight is 447 g/mol. The zero-order chi connectivity index (χ0) is 23.7. The van der Waals surface area contributed by atoms with Gasteiger partial charge in [-0.15, -0.1) is 0 Å². The molecular weight excluding hydrogens is 422 g/mol. The number of hydrogen-bond donors (Lipinski definition) is 1. The molecule has 170 valence electrons. The summed E-state index contributed by atoms with van der Waals surface area (Å²) in [5, 5.41) is 12.2. The Morgan fingerprint density at radius 1 is 1.06 bits per heavy atom. The number of benzene rings is 2. The minimum atomic E-state index is -0.413. The summed E-state index contributed by atoms with van der Waals surface area (Å²) in [4.78, 5) is 26.1. The van der Waals surface area contributed by atoms with Gasteiger partial charge in [0.05, 0.1) is 37.5 Å². The Labute approximate surface area is 190 Å². The van der Waals surface area contributed by atoms with Crippen LogP contribution in [0.25, 0.3) is 16.6 Å². The van der Waals surface area contributed by atoms with Gasteiger partial charge in [0, 0.05) is 11.5 Å². The molecule has 0 aliphatic heterocycles. The lowest BCUT2D eigenvalue weighted by Gasteiger charge is -2.13. The van der Waals surface area contributed by atoms with E-state index in [9.17, 15) is 9.59 Å². The van der Waals surface area contributed by atoms with Crippen LogP contribution in [-0.2, 0) is 11.3 Å². The van der Waals surface area contributed by atoms with Gasteiger partial charge in [0.15, 0.2) is 0 Å². The zero-order valence-electron chi connectivity index (χ0n) is 19.2. The van der Waals surface area contributed by atoms with E-state index in [1.165, 1.54) is 7.11 Å². The van der Waals surface area contributed by atoms with Crippen molar-refractivity contribution in [2.75, 3.05) is 19.5 Å². The molecule has 0 atom stereocenters. The van der Waals surface area contributed by atoms with Gasteiger partial charge in [-0.2, -0.15) is 10.2 Å². The van der Waals surface area contributed by atoms with E-state index in [1.54, 1.807) is 43.1 Å². The smallest absolute Gasteiger partial charge is 0.293 e. The maximum atomic E-state index is 13.3. The molecular formula is C24H25N5O4. The number of hydrogen-bond acceptors (Lipinski definition) is 6. The van der Waals surface area contributed by atoms with E-state index in [0.29, 0.717) is 33.8 Å². The highest BCUT2D eigenvalue weighted by Gasteiger charge is 2.18. The second-order valence-corrected chi connectivity index (χ2v) is 7.77. The van der Waals surface area contributed by atoms with Crippen molar-refractivity contribution in [3.63, 3.8) is 0 Å². The number of aryl methyl sites for hydroxylation is 3. The summed E-state index contributed by atoms with van der Waals surface area (Å²) in [5.74, 6) is 0.635. The Morgan fingerprint density at radius 3 is 2.55 bits per heavy atom. The molecule has 2 aromatic carbocycles. The van der Waals surface area contributed by atoms with E-state index in [1.807, 2.05) is 32.0 Å². The van der Waals surface area contributed by atoms with Crippen molar-refractivity contribution in [1.29, 1.82) is 0 Å². The van der Waals surface area contributed by atoms with E-state index in [-0.39, 0.29) is 6.54 Å².